The van der Waals surface area contributed by atoms with Gasteiger partial charge < -0.3 is 20.8 Å². The molecular formula is C52H46ClN3O6. The van der Waals surface area contributed by atoms with Gasteiger partial charge in [0.15, 0.2) is 5.78 Å². The summed E-state index contributed by atoms with van der Waals surface area (Å²) in [7, 11) is 0. The molecule has 9 rings (SSSR count). The Morgan fingerprint density at radius 1 is 0.661 bits per heavy atom. The average molecular weight is 844 g/mol. The number of carbonyl (C=O) groups excluding carboxylic acids is 2. The van der Waals surface area contributed by atoms with Gasteiger partial charge in [0.05, 0.1) is 11.1 Å². The molecule has 0 bridgehead atoms. The minimum atomic E-state index is -1.12. The van der Waals surface area contributed by atoms with Gasteiger partial charge in [-0.25, -0.2) is 9.59 Å². The Kier molecular flexibility index (Phi) is 14.1. The van der Waals surface area contributed by atoms with Crippen molar-refractivity contribution in [2.45, 2.75) is 46.5 Å². The second-order valence-electron chi connectivity index (χ2n) is 15.0. The Bertz CT molecular complexity index is 3010. The number of ketones is 1. The summed E-state index contributed by atoms with van der Waals surface area (Å²) in [6.07, 6.45) is 11.4. The van der Waals surface area contributed by atoms with Gasteiger partial charge in [0.25, 0.3) is 5.91 Å². The average Bonchev–Trinajstić information content (AvgIpc) is 3.53. The molecule has 0 fully saturated rings. The summed E-state index contributed by atoms with van der Waals surface area (Å²) in [5, 5.41) is 28.3. The Morgan fingerprint density at radius 2 is 1.39 bits per heavy atom. The highest BCUT2D eigenvalue weighted by Gasteiger charge is 2.21. The number of aromatic carboxylic acids is 2. The summed E-state index contributed by atoms with van der Waals surface area (Å²) in [5.41, 5.74) is 10.4. The molecule has 4 N–H and O–H groups in total. The van der Waals surface area contributed by atoms with Crippen LogP contribution in [0, 0.1) is 31.2 Å². The monoisotopic (exact) mass is 843 g/mol. The van der Waals surface area contributed by atoms with Gasteiger partial charge in [-0.1, -0.05) is 78.9 Å². The third kappa shape index (κ3) is 9.81. The molecule has 6 aromatic rings. The zero-order valence-corrected chi connectivity index (χ0v) is 35.4. The minimum absolute atomic E-state index is 0. The van der Waals surface area contributed by atoms with Crippen LogP contribution in [0.25, 0.3) is 11.6 Å². The van der Waals surface area contributed by atoms with Gasteiger partial charge in [-0.2, -0.15) is 0 Å². The number of benzene rings is 6. The first-order valence-corrected chi connectivity index (χ1v) is 20.1. The minimum Gasteiger partial charge on any atom is -0.478 e. The predicted octanol–water partition coefficient (Wildman–Crippen LogP) is 9.36. The fraction of sp³-hybridized carbons (Fsp3) is 0.135. The number of hydrogen-bond donors (Lipinski definition) is 4. The van der Waals surface area contributed by atoms with Crippen molar-refractivity contribution in [1.82, 2.24) is 0 Å². The topological polar surface area (TPSA) is 145 Å². The largest absolute Gasteiger partial charge is 0.478 e. The van der Waals surface area contributed by atoms with E-state index in [1.54, 1.807) is 13.1 Å². The molecule has 1 aliphatic heterocycles. The summed E-state index contributed by atoms with van der Waals surface area (Å²) in [5.74, 6) is -2.30. The molecule has 0 atom stereocenters. The number of Topliss-reactive ketones (excluding diaryl/α,β-unsaturated/α-hetero) is 1. The van der Waals surface area contributed by atoms with Gasteiger partial charge >= 0.3 is 11.9 Å². The van der Waals surface area contributed by atoms with E-state index in [1.807, 2.05) is 93.0 Å². The van der Waals surface area contributed by atoms with Crippen LogP contribution in [0.4, 0.5) is 11.4 Å². The predicted molar refractivity (Wildman–Crippen MR) is 248 cm³/mol. The molecule has 3 aliphatic rings. The van der Waals surface area contributed by atoms with Crippen LogP contribution in [-0.2, 0) is 12.8 Å². The van der Waals surface area contributed by atoms with Crippen molar-refractivity contribution in [3.63, 3.8) is 0 Å². The lowest BCUT2D eigenvalue weighted by Gasteiger charge is -2.20. The number of amides is 1. The molecule has 0 saturated carbocycles. The van der Waals surface area contributed by atoms with Gasteiger partial charge in [-0.05, 0) is 144 Å². The molecule has 312 valence electrons. The summed E-state index contributed by atoms with van der Waals surface area (Å²) >= 11 is 0. The molecule has 10 heteroatoms. The molecule has 0 radical (unpaired) electrons. The van der Waals surface area contributed by atoms with E-state index in [-0.39, 0.29) is 35.2 Å². The standard InChI is InChI=1S/C34H29NO2.C9H8N2.C9H8O4.ClH/c1-21-7-5-10-26(22(21)2)34(37)35-25-16-13-24(14-17-25)33(36)32-12-6-11-28-30-18-15-23-8-3-4-9-27(23)29(30)19-20-31(28)32;1-2-4-9-8(3-1)7-10-5-6-11-9;1-5-2-3-6(8(10)11)4-7(5)9(12)13;/h3-5,7-10,13-17,19-20H,6,11-12,18H2,1-2H3,(H,35,37);1-7,11H;2-4H,1H3,(H,10,11)(H,12,13);1H. The smallest absolute Gasteiger partial charge is 0.335 e. The van der Waals surface area contributed by atoms with Crippen molar-refractivity contribution in [2.75, 3.05) is 10.6 Å². The summed E-state index contributed by atoms with van der Waals surface area (Å²) in [6.45, 7) is 5.58. The Hall–Kier alpha value is -7.36. The van der Waals surface area contributed by atoms with E-state index in [0.29, 0.717) is 22.4 Å². The Balaban J connectivity index is 0.000000209. The lowest BCUT2D eigenvalue weighted by atomic mass is 9.84. The number of aliphatic imine (C=N–C) groups is 1. The van der Waals surface area contributed by atoms with E-state index in [1.165, 1.54) is 38.9 Å². The maximum absolute atomic E-state index is 13.6. The first-order valence-electron chi connectivity index (χ1n) is 20.1. The number of halogens is 1. The maximum atomic E-state index is 13.6. The van der Waals surface area contributed by atoms with Crippen LogP contribution in [0.1, 0.15) is 87.7 Å². The third-order valence-corrected chi connectivity index (χ3v) is 11.2. The molecule has 9 nitrogen and oxygen atoms in total. The van der Waals surface area contributed by atoms with Crippen molar-refractivity contribution >= 4 is 65.3 Å². The number of rotatable bonds is 6. The molecular weight excluding hydrogens is 798 g/mol. The van der Waals surface area contributed by atoms with Crippen LogP contribution in [0.5, 0.6) is 0 Å². The van der Waals surface area contributed by atoms with E-state index in [9.17, 15) is 19.2 Å². The lowest BCUT2D eigenvalue weighted by molar-refractivity contribution is 0.0695. The van der Waals surface area contributed by atoms with E-state index < -0.39 is 11.9 Å². The normalized spacial score (nSPS) is 12.5. The zero-order chi connectivity index (χ0) is 43.0. The van der Waals surface area contributed by atoms with Crippen LogP contribution in [-0.4, -0.2) is 40.1 Å². The van der Waals surface area contributed by atoms with Crippen molar-refractivity contribution < 1.29 is 29.4 Å². The molecule has 62 heavy (non-hydrogen) atoms. The van der Waals surface area contributed by atoms with Crippen LogP contribution in [0.2, 0.25) is 0 Å². The number of fused-ring (bicyclic) bond motifs is 5. The van der Waals surface area contributed by atoms with Gasteiger partial charge in [0.2, 0.25) is 0 Å². The number of nitrogens with one attached hydrogen (secondary N) is 2. The highest BCUT2D eigenvalue weighted by atomic mass is 35.5. The Morgan fingerprint density at radius 3 is 2.16 bits per heavy atom. The van der Waals surface area contributed by atoms with Gasteiger partial charge in [-0.15, -0.1) is 12.4 Å². The number of nitrogens with zero attached hydrogens (tertiary/aromatic N) is 1. The van der Waals surface area contributed by atoms with Gasteiger partial charge in [-0.3, -0.25) is 14.6 Å². The fourth-order valence-electron chi connectivity index (χ4n) is 7.79. The van der Waals surface area contributed by atoms with Crippen molar-refractivity contribution in [3.8, 4) is 0 Å². The Labute approximate surface area is 365 Å². The number of carboxylic acid groups (broad SMARTS) is 2. The van der Waals surface area contributed by atoms with Crippen LogP contribution >= 0.6 is 12.4 Å². The SMILES string of the molecule is C1=CNc2ccccc2C=N1.Cc1ccc(C(=O)O)cc1C(=O)O.Cc1cccc(C(=O)Nc2ccc(C(=O)C3=c4ccc5c(c4CCC3)CC=c3ccccc3=5)cc2)c1C.Cl. The van der Waals surface area contributed by atoms with Crippen molar-refractivity contribution in [1.29, 1.82) is 0 Å². The van der Waals surface area contributed by atoms with E-state index >= 15 is 0 Å². The number of carbonyl (C=O) groups is 4. The summed E-state index contributed by atoms with van der Waals surface area (Å²) in [4.78, 5) is 51.6. The number of anilines is 2. The first-order chi connectivity index (χ1) is 29.5. The summed E-state index contributed by atoms with van der Waals surface area (Å²) < 4.78 is 0. The second kappa shape index (κ2) is 19.8. The molecule has 0 saturated heterocycles. The number of para-hydroxylation sites is 1. The van der Waals surface area contributed by atoms with E-state index in [2.05, 4.69) is 58.1 Å². The van der Waals surface area contributed by atoms with Crippen LogP contribution in [0.15, 0.2) is 139 Å². The highest BCUT2D eigenvalue weighted by Crippen LogP contribution is 2.25. The number of hydrogen-bond acceptors (Lipinski definition) is 6. The number of aryl methyl sites for hydroxylation is 2. The zero-order valence-electron chi connectivity index (χ0n) is 34.6. The molecule has 1 amide bonds. The maximum Gasteiger partial charge on any atom is 0.335 e. The molecule has 1 heterocycles. The van der Waals surface area contributed by atoms with E-state index in [4.69, 9.17) is 10.2 Å². The van der Waals surface area contributed by atoms with Crippen LogP contribution < -0.4 is 21.1 Å². The molecule has 0 unspecified atom stereocenters. The van der Waals surface area contributed by atoms with Gasteiger partial charge in [0.1, 0.15) is 0 Å². The van der Waals surface area contributed by atoms with Crippen molar-refractivity contribution in [2.24, 2.45) is 4.99 Å². The summed E-state index contributed by atoms with van der Waals surface area (Å²) in [6, 6.07) is 38.0. The molecule has 0 aromatic heterocycles. The van der Waals surface area contributed by atoms with E-state index in [0.717, 1.165) is 64.9 Å². The fourth-order valence-corrected chi connectivity index (χ4v) is 7.79. The van der Waals surface area contributed by atoms with Crippen LogP contribution in [0.3, 0.4) is 0 Å². The van der Waals surface area contributed by atoms with Gasteiger partial charge in [0, 0.05) is 52.3 Å². The second-order valence-corrected chi connectivity index (χ2v) is 15.0. The highest BCUT2D eigenvalue weighted by molar-refractivity contribution is 6.24. The molecule has 2 aliphatic carbocycles. The third-order valence-electron chi connectivity index (χ3n) is 11.2. The lowest BCUT2D eigenvalue weighted by Crippen LogP contribution is -2.25. The van der Waals surface area contributed by atoms with Crippen molar-refractivity contribution in [3.05, 3.63) is 210 Å². The quantitative estimate of drug-likeness (QED) is 0.122. The molecule has 0 spiro atoms. The first kappa shape index (κ1) is 44.2. The molecule has 6 aromatic carbocycles. The number of carboxylic acids is 2.